The Labute approximate surface area is 184 Å². The third kappa shape index (κ3) is 6.22. The van der Waals surface area contributed by atoms with Gasteiger partial charge in [0.05, 0.1) is 21.3 Å². The molecule has 174 valence electrons. The van der Waals surface area contributed by atoms with Gasteiger partial charge in [0, 0.05) is 11.3 Å². The van der Waals surface area contributed by atoms with E-state index in [9.17, 15) is 18.4 Å². The summed E-state index contributed by atoms with van der Waals surface area (Å²) in [5.41, 5.74) is 0.579. The number of hydrogen-bond acceptors (Lipinski definition) is 6. The predicted molar refractivity (Wildman–Crippen MR) is 114 cm³/mol. The van der Waals surface area contributed by atoms with Gasteiger partial charge in [0.15, 0.2) is 11.5 Å². The van der Waals surface area contributed by atoms with E-state index >= 15 is 0 Å². The molecular weight excluding hydrogens is 426 g/mol. The second-order valence-corrected chi connectivity index (χ2v) is 7.00. The number of nitrogens with one attached hydrogen (secondary N) is 2. The molecule has 0 heterocycles. The Kier molecular flexibility index (Phi) is 8.62. The van der Waals surface area contributed by atoms with Crippen molar-refractivity contribution in [1.29, 1.82) is 0 Å². The highest BCUT2D eigenvalue weighted by atomic mass is 19.3. The van der Waals surface area contributed by atoms with Crippen molar-refractivity contribution in [3.05, 3.63) is 42.0 Å². The monoisotopic (exact) mass is 452 g/mol. The van der Waals surface area contributed by atoms with Crippen molar-refractivity contribution >= 4 is 17.5 Å². The maximum absolute atomic E-state index is 12.9. The van der Waals surface area contributed by atoms with Crippen molar-refractivity contribution in [2.45, 2.75) is 26.5 Å². The molecular formula is C22H26F2N2O6. The first-order valence-electron chi connectivity index (χ1n) is 9.66. The number of carbonyl (C=O) groups is 2. The molecule has 0 saturated carbocycles. The van der Waals surface area contributed by atoms with Crippen LogP contribution in [0.4, 0.5) is 14.5 Å². The highest BCUT2D eigenvalue weighted by Gasteiger charge is 2.26. The molecule has 0 fully saturated rings. The molecule has 1 atom stereocenters. The molecule has 2 rings (SSSR count). The van der Waals surface area contributed by atoms with E-state index in [4.69, 9.17) is 14.2 Å². The molecule has 0 aliphatic heterocycles. The smallest absolute Gasteiger partial charge is 0.387 e. The van der Waals surface area contributed by atoms with Crippen LogP contribution in [0.3, 0.4) is 0 Å². The Hall–Kier alpha value is -3.56. The Morgan fingerprint density at radius 1 is 0.906 bits per heavy atom. The van der Waals surface area contributed by atoms with E-state index in [2.05, 4.69) is 15.4 Å². The van der Waals surface area contributed by atoms with Crippen LogP contribution in [0, 0.1) is 5.92 Å². The summed E-state index contributed by atoms with van der Waals surface area (Å²) in [5, 5.41) is 5.36. The Morgan fingerprint density at radius 2 is 1.47 bits per heavy atom. The molecule has 2 aromatic carbocycles. The maximum Gasteiger partial charge on any atom is 0.387 e. The molecule has 0 radical (unpaired) electrons. The second kappa shape index (κ2) is 11.2. The average Bonchev–Trinajstić information content (AvgIpc) is 2.76. The van der Waals surface area contributed by atoms with Gasteiger partial charge in [-0.1, -0.05) is 13.8 Å². The van der Waals surface area contributed by atoms with Crippen LogP contribution in [0.5, 0.6) is 23.0 Å². The van der Waals surface area contributed by atoms with Crippen LogP contribution >= 0.6 is 0 Å². The largest absolute Gasteiger partial charge is 0.493 e. The van der Waals surface area contributed by atoms with Gasteiger partial charge in [-0.2, -0.15) is 8.78 Å². The lowest BCUT2D eigenvalue weighted by atomic mass is 10.0. The standard InChI is InChI=1S/C22H26F2N2O6/c1-12(2)18(21(28)25-14-6-8-15(9-7-14)32-22(23)24)26-20(27)13-10-16(29-3)19(31-5)17(11-13)30-4/h6-12,18,22H,1-5H3,(H,25,28)(H,26,27)/t18-/m0/s1. The zero-order valence-electron chi connectivity index (χ0n) is 18.4. The molecule has 0 bridgehead atoms. The van der Waals surface area contributed by atoms with Crippen molar-refractivity contribution in [3.63, 3.8) is 0 Å². The summed E-state index contributed by atoms with van der Waals surface area (Å²) in [4.78, 5) is 25.7. The fraction of sp³-hybridized carbons (Fsp3) is 0.364. The molecule has 2 aromatic rings. The average molecular weight is 452 g/mol. The Balaban J connectivity index is 2.17. The van der Waals surface area contributed by atoms with Crippen LogP contribution in [0.2, 0.25) is 0 Å². The number of rotatable bonds is 10. The number of alkyl halides is 2. The van der Waals surface area contributed by atoms with Gasteiger partial charge < -0.3 is 29.6 Å². The van der Waals surface area contributed by atoms with Crippen molar-refractivity contribution < 1.29 is 37.3 Å². The van der Waals surface area contributed by atoms with Crippen molar-refractivity contribution in [2.24, 2.45) is 5.92 Å². The van der Waals surface area contributed by atoms with E-state index in [1.54, 1.807) is 13.8 Å². The van der Waals surface area contributed by atoms with Crippen molar-refractivity contribution in [1.82, 2.24) is 5.32 Å². The van der Waals surface area contributed by atoms with Crippen LogP contribution in [0.1, 0.15) is 24.2 Å². The van der Waals surface area contributed by atoms with E-state index in [0.717, 1.165) is 0 Å². The van der Waals surface area contributed by atoms with E-state index in [-0.39, 0.29) is 17.2 Å². The van der Waals surface area contributed by atoms with Crippen LogP contribution < -0.4 is 29.6 Å². The van der Waals surface area contributed by atoms with Gasteiger partial charge in [0.2, 0.25) is 11.7 Å². The van der Waals surface area contributed by atoms with Gasteiger partial charge in [-0.05, 0) is 42.3 Å². The highest BCUT2D eigenvalue weighted by Crippen LogP contribution is 2.38. The summed E-state index contributed by atoms with van der Waals surface area (Å²) in [6, 6.07) is 7.55. The molecule has 0 aliphatic rings. The molecule has 0 saturated heterocycles. The van der Waals surface area contributed by atoms with Gasteiger partial charge in [-0.25, -0.2) is 0 Å². The Morgan fingerprint density at radius 3 is 1.91 bits per heavy atom. The lowest BCUT2D eigenvalue weighted by molar-refractivity contribution is -0.118. The summed E-state index contributed by atoms with van der Waals surface area (Å²) >= 11 is 0. The van der Waals surface area contributed by atoms with Gasteiger partial charge in [-0.3, -0.25) is 9.59 Å². The quantitative estimate of drug-likeness (QED) is 0.571. The fourth-order valence-electron chi connectivity index (χ4n) is 2.91. The minimum Gasteiger partial charge on any atom is -0.493 e. The first-order valence-corrected chi connectivity index (χ1v) is 9.66. The zero-order chi connectivity index (χ0) is 23.8. The van der Waals surface area contributed by atoms with E-state index in [1.165, 1.54) is 57.7 Å². The van der Waals surface area contributed by atoms with Crippen LogP contribution in [-0.2, 0) is 4.79 Å². The minimum absolute atomic E-state index is 0.0332. The maximum atomic E-state index is 12.9. The molecule has 10 heteroatoms. The van der Waals surface area contributed by atoms with Crippen molar-refractivity contribution in [2.75, 3.05) is 26.6 Å². The number of amides is 2. The number of methoxy groups -OCH3 is 3. The zero-order valence-corrected chi connectivity index (χ0v) is 18.4. The number of anilines is 1. The molecule has 0 aromatic heterocycles. The lowest BCUT2D eigenvalue weighted by Crippen LogP contribution is -2.47. The van der Waals surface area contributed by atoms with Gasteiger partial charge in [0.25, 0.3) is 5.91 Å². The first kappa shape index (κ1) is 24.7. The number of carbonyl (C=O) groups excluding carboxylic acids is 2. The first-order chi connectivity index (χ1) is 15.2. The Bertz CT molecular complexity index is 910. The van der Waals surface area contributed by atoms with Gasteiger partial charge >= 0.3 is 6.61 Å². The van der Waals surface area contributed by atoms with Crippen molar-refractivity contribution in [3.8, 4) is 23.0 Å². The third-order valence-electron chi connectivity index (χ3n) is 4.51. The molecule has 32 heavy (non-hydrogen) atoms. The van der Waals surface area contributed by atoms with Crippen LogP contribution in [0.15, 0.2) is 36.4 Å². The second-order valence-electron chi connectivity index (χ2n) is 7.00. The molecule has 2 amide bonds. The van der Waals surface area contributed by atoms with Crippen LogP contribution in [0.25, 0.3) is 0 Å². The fourth-order valence-corrected chi connectivity index (χ4v) is 2.91. The summed E-state index contributed by atoms with van der Waals surface area (Å²) in [6.07, 6.45) is 0. The predicted octanol–water partition coefficient (Wildman–Crippen LogP) is 3.71. The highest BCUT2D eigenvalue weighted by molar-refractivity contribution is 6.01. The molecule has 0 spiro atoms. The number of benzene rings is 2. The third-order valence-corrected chi connectivity index (χ3v) is 4.51. The summed E-state index contributed by atoms with van der Waals surface area (Å²) in [7, 11) is 4.31. The summed E-state index contributed by atoms with van der Waals surface area (Å²) in [5.74, 6) is -0.329. The van der Waals surface area contributed by atoms with E-state index < -0.39 is 24.5 Å². The van der Waals surface area contributed by atoms with Gasteiger partial charge in [0.1, 0.15) is 11.8 Å². The molecule has 0 aliphatic carbocycles. The number of hydrogen-bond donors (Lipinski definition) is 2. The summed E-state index contributed by atoms with van der Waals surface area (Å²) in [6.45, 7) is 0.615. The number of halogens is 2. The number of ether oxygens (including phenoxy) is 4. The van der Waals surface area contributed by atoms with E-state index in [1.807, 2.05) is 0 Å². The van der Waals surface area contributed by atoms with Crippen LogP contribution in [-0.4, -0.2) is 45.8 Å². The molecule has 0 unspecified atom stereocenters. The SMILES string of the molecule is COc1cc(C(=O)N[C@H](C(=O)Nc2ccc(OC(F)F)cc2)C(C)C)cc(OC)c1OC. The normalized spacial score (nSPS) is 11.7. The molecule has 8 nitrogen and oxygen atoms in total. The minimum atomic E-state index is -2.94. The summed E-state index contributed by atoms with van der Waals surface area (Å²) < 4.78 is 44.6. The van der Waals surface area contributed by atoms with Gasteiger partial charge in [-0.15, -0.1) is 0 Å². The molecule has 2 N–H and O–H groups in total. The van der Waals surface area contributed by atoms with E-state index in [0.29, 0.717) is 22.9 Å². The lowest BCUT2D eigenvalue weighted by Gasteiger charge is -2.22. The topological polar surface area (TPSA) is 95.1 Å².